The van der Waals surface area contributed by atoms with E-state index in [1.807, 2.05) is 7.05 Å². The first-order valence-corrected chi connectivity index (χ1v) is 8.13. The van der Waals surface area contributed by atoms with Crippen LogP contribution in [-0.4, -0.2) is 58.1 Å². The summed E-state index contributed by atoms with van der Waals surface area (Å²) in [6, 6.07) is 0.698. The van der Waals surface area contributed by atoms with Crippen LogP contribution in [0.2, 0.25) is 0 Å². The van der Waals surface area contributed by atoms with Gasteiger partial charge in [-0.2, -0.15) is 0 Å². The molecule has 0 spiro atoms. The number of sulfone groups is 1. The number of likely N-dealkylation sites (N-methyl/N-ethyl adjacent to an activating group) is 1. The molecule has 0 atom stereocenters. The lowest BCUT2D eigenvalue weighted by Crippen LogP contribution is -2.36. The van der Waals surface area contributed by atoms with E-state index in [0.717, 1.165) is 13.1 Å². The molecule has 0 radical (unpaired) electrons. The van der Waals surface area contributed by atoms with Crippen LogP contribution >= 0.6 is 0 Å². The number of nitrogens with one attached hydrogen (secondary N) is 1. The minimum Gasteiger partial charge on any atom is -0.313 e. The lowest BCUT2D eigenvalue weighted by atomic mass is 10.2. The Hall–Kier alpha value is -0.130. The molecule has 1 fully saturated rings. The topological polar surface area (TPSA) is 49.4 Å². The highest BCUT2D eigenvalue weighted by Crippen LogP contribution is 2.17. The summed E-state index contributed by atoms with van der Waals surface area (Å²) >= 11 is 0. The Labute approximate surface area is 99.3 Å². The predicted octanol–water partition coefficient (Wildman–Crippen LogP) is 0.495. The van der Waals surface area contributed by atoms with Gasteiger partial charge in [0.25, 0.3) is 0 Å². The van der Waals surface area contributed by atoms with E-state index >= 15 is 0 Å². The van der Waals surface area contributed by atoms with E-state index in [4.69, 9.17) is 0 Å². The molecule has 1 rings (SSSR count). The zero-order valence-electron chi connectivity index (χ0n) is 10.4. The Balaban J connectivity index is 2.03. The quantitative estimate of drug-likeness (QED) is 0.712. The standard InChI is InChI=1S/C11H24N2O2S/c1-13(9-10-16(2,14)15)8-7-12-11-5-3-4-6-11/h11-12H,3-10H2,1-2H3. The molecule has 0 aliphatic heterocycles. The van der Waals surface area contributed by atoms with Crippen LogP contribution in [0, 0.1) is 0 Å². The molecule has 1 N–H and O–H groups in total. The first-order chi connectivity index (χ1) is 7.47. The third-order valence-electron chi connectivity index (χ3n) is 3.13. The molecule has 0 amide bonds. The van der Waals surface area contributed by atoms with Gasteiger partial charge in [0, 0.05) is 31.9 Å². The second-order valence-electron chi connectivity index (χ2n) is 4.87. The summed E-state index contributed by atoms with van der Waals surface area (Å²) in [5.41, 5.74) is 0. The van der Waals surface area contributed by atoms with E-state index in [1.165, 1.54) is 31.9 Å². The normalized spacial score (nSPS) is 18.4. The van der Waals surface area contributed by atoms with Crippen LogP contribution in [0.25, 0.3) is 0 Å². The monoisotopic (exact) mass is 248 g/mol. The average Bonchev–Trinajstić information content (AvgIpc) is 2.66. The molecule has 96 valence electrons. The summed E-state index contributed by atoms with van der Waals surface area (Å²) in [6.45, 7) is 2.52. The fourth-order valence-electron chi connectivity index (χ4n) is 2.02. The third kappa shape index (κ3) is 6.45. The van der Waals surface area contributed by atoms with Gasteiger partial charge in [0.2, 0.25) is 0 Å². The number of nitrogens with zero attached hydrogens (tertiary/aromatic N) is 1. The van der Waals surface area contributed by atoms with Gasteiger partial charge in [-0.3, -0.25) is 0 Å². The molecule has 0 aromatic heterocycles. The van der Waals surface area contributed by atoms with Gasteiger partial charge in [0.1, 0.15) is 9.84 Å². The number of hydrogen-bond acceptors (Lipinski definition) is 4. The van der Waals surface area contributed by atoms with Crippen molar-refractivity contribution >= 4 is 9.84 Å². The van der Waals surface area contributed by atoms with Crippen LogP contribution in [0.4, 0.5) is 0 Å². The predicted molar refractivity (Wildman–Crippen MR) is 67.5 cm³/mol. The van der Waals surface area contributed by atoms with E-state index in [-0.39, 0.29) is 5.75 Å². The van der Waals surface area contributed by atoms with Gasteiger partial charge in [-0.05, 0) is 19.9 Å². The maximum atomic E-state index is 11.0. The van der Waals surface area contributed by atoms with Gasteiger partial charge in [-0.1, -0.05) is 12.8 Å². The van der Waals surface area contributed by atoms with Crippen LogP contribution in [0.3, 0.4) is 0 Å². The first-order valence-electron chi connectivity index (χ1n) is 6.07. The lowest BCUT2D eigenvalue weighted by molar-refractivity contribution is 0.340. The van der Waals surface area contributed by atoms with Crippen molar-refractivity contribution in [2.75, 3.05) is 38.7 Å². The summed E-state index contributed by atoms with van der Waals surface area (Å²) in [7, 11) is -0.848. The Morgan fingerprint density at radius 2 is 1.88 bits per heavy atom. The van der Waals surface area contributed by atoms with Gasteiger partial charge in [0.15, 0.2) is 0 Å². The minimum atomic E-state index is -2.82. The molecular formula is C11H24N2O2S. The van der Waals surface area contributed by atoms with E-state index in [2.05, 4.69) is 10.2 Å². The fraction of sp³-hybridized carbons (Fsp3) is 1.00. The molecule has 0 unspecified atom stereocenters. The maximum Gasteiger partial charge on any atom is 0.148 e. The van der Waals surface area contributed by atoms with Crippen molar-refractivity contribution in [2.45, 2.75) is 31.7 Å². The Bertz CT molecular complexity index is 284. The second-order valence-corrected chi connectivity index (χ2v) is 7.13. The Morgan fingerprint density at radius 1 is 1.25 bits per heavy atom. The summed E-state index contributed by atoms with van der Waals surface area (Å²) in [6.07, 6.45) is 6.58. The smallest absolute Gasteiger partial charge is 0.148 e. The minimum absolute atomic E-state index is 0.257. The molecule has 1 aliphatic carbocycles. The largest absolute Gasteiger partial charge is 0.313 e. The Morgan fingerprint density at radius 3 is 2.44 bits per heavy atom. The number of rotatable bonds is 7. The molecule has 16 heavy (non-hydrogen) atoms. The molecule has 0 saturated heterocycles. The zero-order valence-corrected chi connectivity index (χ0v) is 11.2. The second kappa shape index (κ2) is 6.57. The molecule has 0 aromatic rings. The molecule has 1 aliphatic rings. The number of hydrogen-bond donors (Lipinski definition) is 1. The first kappa shape index (κ1) is 13.9. The van der Waals surface area contributed by atoms with E-state index in [9.17, 15) is 8.42 Å². The van der Waals surface area contributed by atoms with Crippen molar-refractivity contribution in [1.82, 2.24) is 10.2 Å². The van der Waals surface area contributed by atoms with Crippen molar-refractivity contribution in [1.29, 1.82) is 0 Å². The summed E-state index contributed by atoms with van der Waals surface area (Å²) in [5, 5.41) is 3.52. The van der Waals surface area contributed by atoms with Crippen molar-refractivity contribution in [3.8, 4) is 0 Å². The highest BCUT2D eigenvalue weighted by molar-refractivity contribution is 7.90. The van der Waals surface area contributed by atoms with Gasteiger partial charge in [-0.15, -0.1) is 0 Å². The molecule has 0 bridgehead atoms. The molecular weight excluding hydrogens is 224 g/mol. The molecule has 0 aromatic carbocycles. The molecule has 0 heterocycles. The van der Waals surface area contributed by atoms with Crippen molar-refractivity contribution < 1.29 is 8.42 Å². The summed E-state index contributed by atoms with van der Waals surface area (Å²) in [5.74, 6) is 0.257. The van der Waals surface area contributed by atoms with Gasteiger partial charge < -0.3 is 10.2 Å². The van der Waals surface area contributed by atoms with Crippen molar-refractivity contribution in [3.63, 3.8) is 0 Å². The van der Waals surface area contributed by atoms with E-state index < -0.39 is 9.84 Å². The maximum absolute atomic E-state index is 11.0. The van der Waals surface area contributed by atoms with E-state index in [0.29, 0.717) is 12.6 Å². The summed E-state index contributed by atoms with van der Waals surface area (Å²) in [4.78, 5) is 2.07. The molecule has 4 nitrogen and oxygen atoms in total. The average molecular weight is 248 g/mol. The zero-order chi connectivity index (χ0) is 12.0. The lowest BCUT2D eigenvalue weighted by Gasteiger charge is -2.18. The molecule has 1 saturated carbocycles. The van der Waals surface area contributed by atoms with Crippen LogP contribution in [0.15, 0.2) is 0 Å². The van der Waals surface area contributed by atoms with Crippen LogP contribution in [0.5, 0.6) is 0 Å². The van der Waals surface area contributed by atoms with Crippen molar-refractivity contribution in [2.24, 2.45) is 0 Å². The Kier molecular flexibility index (Phi) is 5.72. The van der Waals surface area contributed by atoms with E-state index in [1.54, 1.807) is 0 Å². The van der Waals surface area contributed by atoms with Gasteiger partial charge in [0.05, 0.1) is 5.75 Å². The highest BCUT2D eigenvalue weighted by Gasteiger charge is 2.13. The summed E-state index contributed by atoms with van der Waals surface area (Å²) < 4.78 is 22.0. The molecule has 5 heteroatoms. The van der Waals surface area contributed by atoms with Crippen LogP contribution < -0.4 is 5.32 Å². The van der Waals surface area contributed by atoms with Crippen LogP contribution in [0.1, 0.15) is 25.7 Å². The van der Waals surface area contributed by atoms with Crippen LogP contribution in [-0.2, 0) is 9.84 Å². The SMILES string of the molecule is CN(CCNC1CCCC1)CCS(C)(=O)=O. The third-order valence-corrected chi connectivity index (χ3v) is 4.05. The fourth-order valence-corrected chi connectivity index (χ4v) is 2.67. The van der Waals surface area contributed by atoms with Crippen molar-refractivity contribution in [3.05, 3.63) is 0 Å². The highest BCUT2D eigenvalue weighted by atomic mass is 32.2. The van der Waals surface area contributed by atoms with Gasteiger partial charge in [-0.25, -0.2) is 8.42 Å². The van der Waals surface area contributed by atoms with Gasteiger partial charge >= 0.3 is 0 Å².